The largest absolute Gasteiger partial charge is 0.376 e. The first kappa shape index (κ1) is 15.9. The van der Waals surface area contributed by atoms with Crippen molar-refractivity contribution in [1.82, 2.24) is 4.72 Å². The molecule has 3 rings (SSSR count). The maximum atomic E-state index is 12.6. The number of hydrogen-bond acceptors (Lipinski definition) is 4. The highest BCUT2D eigenvalue weighted by Gasteiger charge is 2.52. The van der Waals surface area contributed by atoms with E-state index in [9.17, 15) is 8.42 Å². The third kappa shape index (κ3) is 2.94. The number of sulfonamides is 1. The minimum absolute atomic E-state index is 0.102. The fraction of sp³-hybridized carbons (Fsp3) is 0.538. The molecule has 5 nitrogen and oxygen atoms in total. The van der Waals surface area contributed by atoms with Crippen LogP contribution < -0.4 is 10.5 Å². The van der Waals surface area contributed by atoms with Crippen molar-refractivity contribution in [2.45, 2.75) is 35.9 Å². The predicted molar refractivity (Wildman–Crippen MR) is 86.4 cm³/mol. The molecule has 1 aliphatic heterocycles. The zero-order valence-corrected chi connectivity index (χ0v) is 15.1. The summed E-state index contributed by atoms with van der Waals surface area (Å²) in [6.07, 6.45) is 1.89. The van der Waals surface area contributed by atoms with E-state index >= 15 is 0 Å². The fourth-order valence-electron chi connectivity index (χ4n) is 3.02. The summed E-state index contributed by atoms with van der Waals surface area (Å²) in [6, 6.07) is 4.50. The van der Waals surface area contributed by atoms with Crippen molar-refractivity contribution in [3.05, 3.63) is 27.1 Å². The Morgan fingerprint density at radius 1 is 1.33 bits per heavy atom. The van der Waals surface area contributed by atoms with Crippen LogP contribution in [0.15, 0.2) is 32.0 Å². The Morgan fingerprint density at radius 2 is 2.10 bits per heavy atom. The minimum Gasteiger partial charge on any atom is -0.376 e. The van der Waals surface area contributed by atoms with E-state index in [1.54, 1.807) is 18.2 Å². The van der Waals surface area contributed by atoms with Crippen molar-refractivity contribution in [2.75, 3.05) is 6.61 Å². The lowest BCUT2D eigenvalue weighted by atomic mass is 9.69. The normalized spacial score (nSPS) is 32.3. The highest BCUT2D eigenvalue weighted by molar-refractivity contribution is 9.11. The maximum absolute atomic E-state index is 12.6. The SMILES string of the molecule is NC1C2CCCOC2C1NS(=O)(=O)c1cc(Br)ccc1Br. The number of benzene rings is 1. The van der Waals surface area contributed by atoms with Crippen molar-refractivity contribution in [2.24, 2.45) is 11.7 Å². The van der Waals surface area contributed by atoms with Gasteiger partial charge in [0.2, 0.25) is 10.0 Å². The lowest BCUT2D eigenvalue weighted by molar-refractivity contribution is -0.114. The number of hydrogen-bond donors (Lipinski definition) is 2. The molecule has 1 heterocycles. The van der Waals surface area contributed by atoms with Crippen LogP contribution >= 0.6 is 31.9 Å². The van der Waals surface area contributed by atoms with Crippen LogP contribution in [0.1, 0.15) is 12.8 Å². The van der Waals surface area contributed by atoms with E-state index in [0.717, 1.165) is 12.8 Å². The lowest BCUT2D eigenvalue weighted by Crippen LogP contribution is -2.71. The van der Waals surface area contributed by atoms with E-state index in [0.29, 0.717) is 15.6 Å². The van der Waals surface area contributed by atoms with Gasteiger partial charge in [0.15, 0.2) is 0 Å². The van der Waals surface area contributed by atoms with Crippen molar-refractivity contribution in [1.29, 1.82) is 0 Å². The van der Waals surface area contributed by atoms with Crippen LogP contribution in [0.3, 0.4) is 0 Å². The van der Waals surface area contributed by atoms with Crippen LogP contribution in [0.5, 0.6) is 0 Å². The molecule has 0 amide bonds. The monoisotopic (exact) mass is 438 g/mol. The molecule has 116 valence electrons. The molecule has 2 aliphatic rings. The Kier molecular flexibility index (Phi) is 4.46. The zero-order chi connectivity index (χ0) is 15.2. The molecule has 3 N–H and O–H groups in total. The van der Waals surface area contributed by atoms with Gasteiger partial charge in [-0.25, -0.2) is 13.1 Å². The zero-order valence-electron chi connectivity index (χ0n) is 11.1. The Labute approximate surface area is 140 Å². The summed E-state index contributed by atoms with van der Waals surface area (Å²) in [5.74, 6) is 0.261. The average Bonchev–Trinajstić information content (AvgIpc) is 2.47. The lowest BCUT2D eigenvalue weighted by Gasteiger charge is -2.52. The molecule has 8 heteroatoms. The van der Waals surface area contributed by atoms with E-state index in [-0.39, 0.29) is 29.0 Å². The summed E-state index contributed by atoms with van der Waals surface area (Å²) in [7, 11) is -3.64. The topological polar surface area (TPSA) is 81.4 Å². The molecule has 0 spiro atoms. The van der Waals surface area contributed by atoms with E-state index in [2.05, 4.69) is 36.6 Å². The fourth-order valence-corrected chi connectivity index (χ4v) is 5.80. The second-order valence-electron chi connectivity index (χ2n) is 5.44. The summed E-state index contributed by atoms with van der Waals surface area (Å²) in [6.45, 7) is 0.673. The van der Waals surface area contributed by atoms with Gasteiger partial charge in [-0.2, -0.15) is 0 Å². The average molecular weight is 440 g/mol. The van der Waals surface area contributed by atoms with Crippen LogP contribution in [-0.2, 0) is 14.8 Å². The standard InChI is InChI=1S/C13H16Br2N2O3S/c14-7-3-4-9(15)10(6-7)21(18,19)17-12-11(16)8-2-1-5-20-13(8)12/h3-4,6,8,11-13,17H,1-2,5,16H2. The summed E-state index contributed by atoms with van der Waals surface area (Å²) in [5.41, 5.74) is 6.10. The number of rotatable bonds is 3. The molecule has 4 atom stereocenters. The molecular formula is C13H16Br2N2O3S. The van der Waals surface area contributed by atoms with Gasteiger partial charge in [-0.15, -0.1) is 0 Å². The van der Waals surface area contributed by atoms with Crippen LogP contribution in [0, 0.1) is 5.92 Å². The summed E-state index contributed by atoms with van der Waals surface area (Å²) in [5, 5.41) is 0. The Balaban J connectivity index is 1.82. The first-order chi connectivity index (χ1) is 9.90. The molecule has 1 aliphatic carbocycles. The van der Waals surface area contributed by atoms with Gasteiger partial charge in [0.25, 0.3) is 0 Å². The molecule has 0 bridgehead atoms. The molecule has 0 aromatic heterocycles. The predicted octanol–water partition coefficient (Wildman–Crippen LogP) is 1.99. The molecule has 21 heavy (non-hydrogen) atoms. The van der Waals surface area contributed by atoms with Crippen molar-refractivity contribution >= 4 is 41.9 Å². The third-order valence-corrected chi connectivity index (χ3v) is 7.10. The number of nitrogens with one attached hydrogen (secondary N) is 1. The van der Waals surface area contributed by atoms with Gasteiger partial charge < -0.3 is 10.5 Å². The van der Waals surface area contributed by atoms with Crippen molar-refractivity contribution < 1.29 is 13.2 Å². The van der Waals surface area contributed by atoms with Gasteiger partial charge in [0.05, 0.1) is 17.0 Å². The second-order valence-corrected chi connectivity index (χ2v) is 8.89. The summed E-state index contributed by atoms with van der Waals surface area (Å²) >= 11 is 6.57. The first-order valence-electron chi connectivity index (χ1n) is 6.75. The molecule has 1 aromatic carbocycles. The van der Waals surface area contributed by atoms with Gasteiger partial charge in [-0.3, -0.25) is 0 Å². The van der Waals surface area contributed by atoms with E-state index in [4.69, 9.17) is 10.5 Å². The summed E-state index contributed by atoms with van der Waals surface area (Å²) < 4.78 is 34.7. The van der Waals surface area contributed by atoms with Gasteiger partial charge in [0.1, 0.15) is 0 Å². The molecular weight excluding hydrogens is 424 g/mol. The highest BCUT2D eigenvalue weighted by atomic mass is 79.9. The molecule has 0 radical (unpaired) electrons. The van der Waals surface area contributed by atoms with Crippen LogP contribution in [0.25, 0.3) is 0 Å². The number of nitrogens with two attached hydrogens (primary N) is 1. The Bertz CT molecular complexity index is 653. The van der Waals surface area contributed by atoms with Crippen molar-refractivity contribution in [3.8, 4) is 0 Å². The highest BCUT2D eigenvalue weighted by Crippen LogP contribution is 2.38. The second kappa shape index (κ2) is 5.90. The number of halogens is 2. The third-order valence-electron chi connectivity index (χ3n) is 4.15. The minimum atomic E-state index is -3.64. The van der Waals surface area contributed by atoms with Crippen LogP contribution in [-0.4, -0.2) is 33.2 Å². The van der Waals surface area contributed by atoms with Gasteiger partial charge in [-0.05, 0) is 47.0 Å². The summed E-state index contributed by atoms with van der Waals surface area (Å²) in [4.78, 5) is 0.198. The quantitative estimate of drug-likeness (QED) is 0.754. The first-order valence-corrected chi connectivity index (χ1v) is 9.81. The van der Waals surface area contributed by atoms with E-state index in [1.807, 2.05) is 0 Å². The smallest absolute Gasteiger partial charge is 0.242 e. The van der Waals surface area contributed by atoms with E-state index in [1.165, 1.54) is 0 Å². The molecule has 1 aromatic rings. The van der Waals surface area contributed by atoms with Gasteiger partial charge in [-0.1, -0.05) is 15.9 Å². The van der Waals surface area contributed by atoms with Gasteiger partial charge in [0, 0.05) is 27.5 Å². The molecule has 2 fully saturated rings. The molecule has 4 unspecified atom stereocenters. The Morgan fingerprint density at radius 3 is 2.86 bits per heavy atom. The maximum Gasteiger partial charge on any atom is 0.242 e. The number of fused-ring (bicyclic) bond motifs is 1. The molecule has 1 saturated heterocycles. The number of ether oxygens (including phenoxy) is 1. The van der Waals surface area contributed by atoms with E-state index < -0.39 is 10.0 Å². The Hall–Kier alpha value is 0.01000. The molecule has 1 saturated carbocycles. The van der Waals surface area contributed by atoms with Crippen LogP contribution in [0.2, 0.25) is 0 Å². The van der Waals surface area contributed by atoms with Gasteiger partial charge >= 0.3 is 0 Å². The van der Waals surface area contributed by atoms with Crippen LogP contribution in [0.4, 0.5) is 0 Å². The van der Waals surface area contributed by atoms with Crippen molar-refractivity contribution in [3.63, 3.8) is 0 Å².